The maximum absolute atomic E-state index is 5.54. The van der Waals surface area contributed by atoms with Gasteiger partial charge in [-0.05, 0) is 23.3 Å². The highest BCUT2D eigenvalue weighted by molar-refractivity contribution is 8.29. The lowest BCUT2D eigenvalue weighted by Crippen LogP contribution is -2.33. The number of hydrogen-bond acceptors (Lipinski definition) is 4. The summed E-state index contributed by atoms with van der Waals surface area (Å²) in [5.74, 6) is 1.26. The van der Waals surface area contributed by atoms with Gasteiger partial charge in [-0.3, -0.25) is 0 Å². The van der Waals surface area contributed by atoms with E-state index in [9.17, 15) is 0 Å². The van der Waals surface area contributed by atoms with Crippen molar-refractivity contribution in [2.75, 3.05) is 20.0 Å². The number of ether oxygens (including phenoxy) is 2. The molecular formula is C12H30O3SSi2. The van der Waals surface area contributed by atoms with Crippen molar-refractivity contribution < 1.29 is 13.9 Å². The Morgan fingerprint density at radius 3 is 2.17 bits per heavy atom. The largest absolute Gasteiger partial charge is 0.379 e. The molecule has 0 aliphatic rings. The Balaban J connectivity index is 3.63. The molecule has 0 rings (SSSR count). The van der Waals surface area contributed by atoms with Crippen LogP contribution < -0.4 is 0 Å². The van der Waals surface area contributed by atoms with Crippen LogP contribution in [-0.4, -0.2) is 43.4 Å². The summed E-state index contributed by atoms with van der Waals surface area (Å²) in [6.07, 6.45) is 1.25. The normalized spacial score (nSPS) is 14.0. The van der Waals surface area contributed by atoms with Crippen LogP contribution in [0.2, 0.25) is 24.2 Å². The molecule has 6 heteroatoms. The minimum atomic E-state index is -1.16. The lowest BCUT2D eigenvalue weighted by molar-refractivity contribution is -0.219. The van der Waals surface area contributed by atoms with Crippen LogP contribution in [0.25, 0.3) is 0 Å². The average molecular weight is 311 g/mol. The van der Waals surface area contributed by atoms with Gasteiger partial charge in [-0.2, -0.15) is 11.2 Å². The van der Waals surface area contributed by atoms with Gasteiger partial charge in [0.25, 0.3) is 6.48 Å². The van der Waals surface area contributed by atoms with Gasteiger partial charge in [0.15, 0.2) is 9.76 Å². The zero-order valence-electron chi connectivity index (χ0n) is 13.0. The third kappa shape index (κ3) is 7.30. The molecule has 0 atom stereocenters. The molecule has 0 spiro atoms. The van der Waals surface area contributed by atoms with Crippen LogP contribution in [0.5, 0.6) is 0 Å². The van der Waals surface area contributed by atoms with E-state index >= 15 is 0 Å². The van der Waals surface area contributed by atoms with Gasteiger partial charge in [0.1, 0.15) is 7.22 Å². The molecule has 0 aliphatic heterocycles. The predicted octanol–water partition coefficient (Wildman–Crippen LogP) is 3.21. The predicted molar refractivity (Wildman–Crippen MR) is 86.5 cm³/mol. The van der Waals surface area contributed by atoms with E-state index in [1.165, 1.54) is 18.2 Å². The van der Waals surface area contributed by atoms with E-state index in [0.29, 0.717) is 5.04 Å². The van der Waals surface area contributed by atoms with Crippen molar-refractivity contribution in [2.24, 2.45) is 0 Å². The van der Waals surface area contributed by atoms with Crippen molar-refractivity contribution >= 4 is 28.2 Å². The molecule has 0 saturated carbocycles. The van der Waals surface area contributed by atoms with Gasteiger partial charge in [-0.1, -0.05) is 33.9 Å². The summed E-state index contributed by atoms with van der Waals surface area (Å²) in [6.45, 7) is 11.6. The first-order chi connectivity index (χ1) is 8.24. The monoisotopic (exact) mass is 310 g/mol. The molecule has 18 heavy (non-hydrogen) atoms. The summed E-state index contributed by atoms with van der Waals surface area (Å²) in [6, 6.07) is 1.20. The van der Waals surface area contributed by atoms with E-state index in [2.05, 4.69) is 45.1 Å². The van der Waals surface area contributed by atoms with Crippen LogP contribution in [0.15, 0.2) is 0 Å². The standard InChI is InChI=1S/C12H30O3SSi2/c1-12(2,3)18(6,7)16-9-8-10-17-15-11(13-4)14-5/h11H,8-10,17H2,1-7H3. The number of hydrogen-bond donors (Lipinski definition) is 0. The molecule has 3 nitrogen and oxygen atoms in total. The molecule has 0 N–H and O–H groups in total. The minimum absolute atomic E-state index is 0.454. The van der Waals surface area contributed by atoms with Crippen molar-refractivity contribution in [3.8, 4) is 0 Å². The molecule has 0 bridgehead atoms. The SMILES string of the molecule is COC(OC)O[SiH2]CCCS[Si](C)(C)C(C)(C)C. The topological polar surface area (TPSA) is 27.7 Å². The maximum Gasteiger partial charge on any atom is 0.261 e. The van der Waals surface area contributed by atoms with E-state index in [1.807, 2.05) is 0 Å². The average Bonchev–Trinajstić information content (AvgIpc) is 2.26. The summed E-state index contributed by atoms with van der Waals surface area (Å²) in [4.78, 5) is 0. The molecule has 0 unspecified atom stereocenters. The Morgan fingerprint density at radius 1 is 1.17 bits per heavy atom. The molecule has 0 fully saturated rings. The fourth-order valence-electron chi connectivity index (χ4n) is 1.16. The summed E-state index contributed by atoms with van der Waals surface area (Å²) < 4.78 is 15.5. The molecule has 0 aromatic carbocycles. The van der Waals surface area contributed by atoms with Gasteiger partial charge < -0.3 is 13.9 Å². The first-order valence-electron chi connectivity index (χ1n) is 6.56. The van der Waals surface area contributed by atoms with Gasteiger partial charge in [0, 0.05) is 14.2 Å². The quantitative estimate of drug-likeness (QED) is 0.371. The highest BCUT2D eigenvalue weighted by atomic mass is 32.4. The van der Waals surface area contributed by atoms with Crippen molar-refractivity contribution in [1.29, 1.82) is 0 Å². The fourth-order valence-corrected chi connectivity index (χ4v) is 7.16. The van der Waals surface area contributed by atoms with E-state index in [0.717, 1.165) is 0 Å². The van der Waals surface area contributed by atoms with Crippen LogP contribution in [0, 0.1) is 0 Å². The molecule has 0 aliphatic carbocycles. The lowest BCUT2D eigenvalue weighted by atomic mass is 10.2. The zero-order valence-corrected chi connectivity index (χ0v) is 16.3. The van der Waals surface area contributed by atoms with Gasteiger partial charge in [0.05, 0.1) is 0 Å². The molecule has 0 radical (unpaired) electrons. The Labute approximate surface area is 120 Å². The zero-order chi connectivity index (χ0) is 14.2. The molecule has 110 valence electrons. The van der Waals surface area contributed by atoms with Crippen molar-refractivity contribution in [3.63, 3.8) is 0 Å². The van der Waals surface area contributed by atoms with Crippen LogP contribution >= 0.6 is 11.2 Å². The lowest BCUT2D eigenvalue weighted by Gasteiger charge is -2.36. The molecule has 0 heterocycles. The maximum atomic E-state index is 5.54. The van der Waals surface area contributed by atoms with E-state index in [4.69, 9.17) is 13.9 Å². The van der Waals surface area contributed by atoms with E-state index < -0.39 is 23.5 Å². The Hall–Kier alpha value is 0.664. The van der Waals surface area contributed by atoms with Crippen molar-refractivity contribution in [1.82, 2.24) is 0 Å². The molecule has 0 saturated heterocycles. The minimum Gasteiger partial charge on any atom is -0.379 e. The van der Waals surface area contributed by atoms with Crippen LogP contribution in [0.4, 0.5) is 0 Å². The first-order valence-corrected chi connectivity index (χ1v) is 12.8. The van der Waals surface area contributed by atoms with Gasteiger partial charge in [-0.15, -0.1) is 0 Å². The second-order valence-corrected chi connectivity index (χ2v) is 16.5. The third-order valence-electron chi connectivity index (χ3n) is 3.45. The smallest absolute Gasteiger partial charge is 0.261 e. The highest BCUT2D eigenvalue weighted by Gasteiger charge is 2.35. The Kier molecular flexibility index (Phi) is 9.08. The van der Waals surface area contributed by atoms with E-state index in [-0.39, 0.29) is 0 Å². The molecule has 0 aromatic heterocycles. The summed E-state index contributed by atoms with van der Waals surface area (Å²) in [7, 11) is 1.55. The van der Waals surface area contributed by atoms with Crippen molar-refractivity contribution in [2.45, 2.75) is 57.8 Å². The highest BCUT2D eigenvalue weighted by Crippen LogP contribution is 2.43. The molecule has 0 amide bonds. The first kappa shape index (κ1) is 18.7. The van der Waals surface area contributed by atoms with Crippen LogP contribution in [0.3, 0.4) is 0 Å². The second-order valence-electron chi connectivity index (χ2n) is 5.95. The van der Waals surface area contributed by atoms with Crippen LogP contribution in [0.1, 0.15) is 27.2 Å². The van der Waals surface area contributed by atoms with E-state index in [1.54, 1.807) is 14.2 Å². The number of rotatable bonds is 9. The summed E-state index contributed by atoms with van der Waals surface area (Å²) in [5.41, 5.74) is 0. The molecule has 0 aromatic rings. The van der Waals surface area contributed by atoms with Gasteiger partial charge in [-0.25, -0.2) is 0 Å². The summed E-state index contributed by atoms with van der Waals surface area (Å²) >= 11 is 2.20. The Bertz CT molecular complexity index is 216. The van der Waals surface area contributed by atoms with Crippen LogP contribution in [-0.2, 0) is 13.9 Å². The van der Waals surface area contributed by atoms with Gasteiger partial charge >= 0.3 is 0 Å². The third-order valence-corrected chi connectivity index (χ3v) is 14.2. The Morgan fingerprint density at radius 2 is 1.72 bits per heavy atom. The number of methoxy groups -OCH3 is 2. The summed E-state index contributed by atoms with van der Waals surface area (Å²) in [5, 5.41) is 0.475. The molecular weight excluding hydrogens is 280 g/mol. The fraction of sp³-hybridized carbons (Fsp3) is 1.00. The second kappa shape index (κ2) is 8.76. The van der Waals surface area contributed by atoms with Crippen molar-refractivity contribution in [3.05, 3.63) is 0 Å². The van der Waals surface area contributed by atoms with Gasteiger partial charge in [0.2, 0.25) is 0 Å².